The number of benzene rings is 1. The Morgan fingerprint density at radius 3 is 2.65 bits per heavy atom. The van der Waals surface area contributed by atoms with Crippen LogP contribution in [0.25, 0.3) is 0 Å². The van der Waals surface area contributed by atoms with Gasteiger partial charge in [0.25, 0.3) is 5.69 Å². The lowest BCUT2D eigenvalue weighted by atomic mass is 10.2. The van der Waals surface area contributed by atoms with E-state index in [0.29, 0.717) is 16.5 Å². The van der Waals surface area contributed by atoms with Crippen LogP contribution >= 0.6 is 22.9 Å². The van der Waals surface area contributed by atoms with Crippen molar-refractivity contribution < 1.29 is 13.7 Å². The number of hydrogen-bond acceptors (Lipinski definition) is 4. The maximum absolute atomic E-state index is 13.7. The molecule has 0 fully saturated rings. The molecule has 1 unspecified atom stereocenters. The highest BCUT2D eigenvalue weighted by Gasteiger charge is 2.22. The molecule has 0 saturated heterocycles. The first kappa shape index (κ1) is 14.7. The SMILES string of the molecule is CC(Nc1c(F)cc(F)cc1[N+](=O)[O-])c1ccc(Cl)s1. The second-order valence-corrected chi connectivity index (χ2v) is 5.79. The van der Waals surface area contributed by atoms with Crippen LogP contribution in [0.4, 0.5) is 20.2 Å². The number of nitro benzene ring substituents is 1. The molecule has 0 aliphatic carbocycles. The van der Waals surface area contributed by atoms with Gasteiger partial charge in [-0.15, -0.1) is 11.3 Å². The summed E-state index contributed by atoms with van der Waals surface area (Å²) in [5.41, 5.74) is -0.981. The summed E-state index contributed by atoms with van der Waals surface area (Å²) in [7, 11) is 0. The molecule has 2 aromatic rings. The van der Waals surface area contributed by atoms with Crippen molar-refractivity contribution in [3.8, 4) is 0 Å². The zero-order valence-corrected chi connectivity index (χ0v) is 11.8. The molecule has 0 aliphatic rings. The Labute approximate surface area is 122 Å². The van der Waals surface area contributed by atoms with E-state index in [-0.39, 0.29) is 5.69 Å². The van der Waals surface area contributed by atoms with Crippen molar-refractivity contribution >= 4 is 34.3 Å². The number of rotatable bonds is 4. The van der Waals surface area contributed by atoms with Gasteiger partial charge >= 0.3 is 0 Å². The number of thiophene rings is 1. The summed E-state index contributed by atoms with van der Waals surface area (Å²) < 4.78 is 27.3. The number of anilines is 1. The smallest absolute Gasteiger partial charge is 0.298 e. The van der Waals surface area contributed by atoms with Crippen LogP contribution in [0, 0.1) is 21.7 Å². The molecule has 1 heterocycles. The normalized spacial score (nSPS) is 12.2. The first-order chi connectivity index (χ1) is 9.38. The van der Waals surface area contributed by atoms with Crippen molar-refractivity contribution in [2.45, 2.75) is 13.0 Å². The van der Waals surface area contributed by atoms with E-state index in [0.717, 1.165) is 4.88 Å². The molecule has 4 nitrogen and oxygen atoms in total. The van der Waals surface area contributed by atoms with E-state index in [1.807, 2.05) is 0 Å². The lowest BCUT2D eigenvalue weighted by Gasteiger charge is -2.14. The minimum atomic E-state index is -1.01. The van der Waals surface area contributed by atoms with Gasteiger partial charge in [-0.3, -0.25) is 10.1 Å². The Bertz CT molecular complexity index is 663. The molecule has 20 heavy (non-hydrogen) atoms. The minimum absolute atomic E-state index is 0.339. The van der Waals surface area contributed by atoms with Gasteiger partial charge in [0.1, 0.15) is 11.5 Å². The van der Waals surface area contributed by atoms with Crippen molar-refractivity contribution in [3.05, 3.63) is 55.2 Å². The fraction of sp³-hybridized carbons (Fsp3) is 0.167. The molecule has 1 aromatic carbocycles. The number of halogens is 3. The van der Waals surface area contributed by atoms with Gasteiger partial charge in [0.15, 0.2) is 5.82 Å². The second kappa shape index (κ2) is 5.72. The van der Waals surface area contributed by atoms with Gasteiger partial charge in [-0.1, -0.05) is 11.6 Å². The van der Waals surface area contributed by atoms with Crippen LogP contribution in [0.15, 0.2) is 24.3 Å². The summed E-state index contributed by atoms with van der Waals surface area (Å²) in [6.45, 7) is 1.70. The highest BCUT2D eigenvalue weighted by atomic mass is 35.5. The monoisotopic (exact) mass is 318 g/mol. The predicted octanol–water partition coefficient (Wildman–Crippen LogP) is 4.76. The summed E-state index contributed by atoms with van der Waals surface area (Å²) >= 11 is 7.07. The van der Waals surface area contributed by atoms with Crippen LogP contribution in [0.2, 0.25) is 4.34 Å². The molecule has 106 valence electrons. The van der Waals surface area contributed by atoms with Gasteiger partial charge < -0.3 is 5.32 Å². The Morgan fingerprint density at radius 1 is 1.40 bits per heavy atom. The van der Waals surface area contributed by atoms with Gasteiger partial charge in [-0.05, 0) is 19.1 Å². The number of nitrogens with zero attached hydrogens (tertiary/aromatic N) is 1. The Morgan fingerprint density at radius 2 is 2.10 bits per heavy atom. The topological polar surface area (TPSA) is 55.2 Å². The second-order valence-electron chi connectivity index (χ2n) is 4.05. The molecular weight excluding hydrogens is 310 g/mol. The molecule has 0 spiro atoms. The summed E-state index contributed by atoms with van der Waals surface area (Å²) in [6.07, 6.45) is 0. The first-order valence-corrected chi connectivity index (χ1v) is 6.73. The first-order valence-electron chi connectivity index (χ1n) is 5.53. The highest BCUT2D eigenvalue weighted by Crippen LogP contribution is 2.34. The van der Waals surface area contributed by atoms with Crippen molar-refractivity contribution in [3.63, 3.8) is 0 Å². The van der Waals surface area contributed by atoms with Crippen LogP contribution in [-0.2, 0) is 0 Å². The summed E-state index contributed by atoms with van der Waals surface area (Å²) in [5.74, 6) is -2.00. The molecule has 0 bridgehead atoms. The highest BCUT2D eigenvalue weighted by molar-refractivity contribution is 7.16. The van der Waals surface area contributed by atoms with Crippen LogP contribution < -0.4 is 5.32 Å². The van der Waals surface area contributed by atoms with E-state index in [1.165, 1.54) is 11.3 Å². The zero-order chi connectivity index (χ0) is 14.9. The zero-order valence-electron chi connectivity index (χ0n) is 10.2. The molecular formula is C12H9ClF2N2O2S. The van der Waals surface area contributed by atoms with E-state index in [4.69, 9.17) is 11.6 Å². The van der Waals surface area contributed by atoms with Crippen molar-refractivity contribution in [1.82, 2.24) is 0 Å². The maximum Gasteiger partial charge on any atom is 0.298 e. The van der Waals surface area contributed by atoms with Crippen molar-refractivity contribution in [2.24, 2.45) is 0 Å². The molecule has 8 heteroatoms. The van der Waals surface area contributed by atoms with E-state index in [2.05, 4.69) is 5.32 Å². The van der Waals surface area contributed by atoms with Gasteiger partial charge in [0.2, 0.25) is 0 Å². The number of hydrogen-bond donors (Lipinski definition) is 1. The number of nitrogens with one attached hydrogen (secondary N) is 1. The van der Waals surface area contributed by atoms with Gasteiger partial charge in [0, 0.05) is 10.9 Å². The maximum atomic E-state index is 13.7. The molecule has 0 radical (unpaired) electrons. The molecule has 0 amide bonds. The molecule has 0 aliphatic heterocycles. The van der Waals surface area contributed by atoms with E-state index < -0.39 is 28.3 Å². The van der Waals surface area contributed by atoms with Crippen LogP contribution in [0.3, 0.4) is 0 Å². The van der Waals surface area contributed by atoms with Crippen molar-refractivity contribution in [1.29, 1.82) is 0 Å². The average molecular weight is 319 g/mol. The standard InChI is InChI=1S/C12H9ClF2N2O2S/c1-6(10-2-3-11(13)20-10)16-12-8(15)4-7(14)5-9(12)17(18)19/h2-6,16H,1H3. The quantitative estimate of drug-likeness (QED) is 0.653. The largest absolute Gasteiger partial charge is 0.370 e. The minimum Gasteiger partial charge on any atom is -0.370 e. The molecule has 1 atom stereocenters. The average Bonchev–Trinajstić information content (AvgIpc) is 2.78. The van der Waals surface area contributed by atoms with Crippen LogP contribution in [0.5, 0.6) is 0 Å². The Hall–Kier alpha value is -1.73. The van der Waals surface area contributed by atoms with E-state index in [1.54, 1.807) is 19.1 Å². The Balaban J connectivity index is 2.35. The third-order valence-corrected chi connectivity index (χ3v) is 4.03. The lowest BCUT2D eigenvalue weighted by Crippen LogP contribution is -2.09. The molecule has 1 aromatic heterocycles. The summed E-state index contributed by atoms with van der Waals surface area (Å²) in [6, 6.07) is 4.29. The molecule has 0 saturated carbocycles. The Kier molecular flexibility index (Phi) is 4.20. The third kappa shape index (κ3) is 3.05. The molecule has 1 N–H and O–H groups in total. The third-order valence-electron chi connectivity index (χ3n) is 2.61. The fourth-order valence-corrected chi connectivity index (χ4v) is 2.76. The summed E-state index contributed by atoms with van der Waals surface area (Å²) in [5, 5.41) is 13.5. The molecule has 2 rings (SSSR count). The van der Waals surface area contributed by atoms with Crippen LogP contribution in [0.1, 0.15) is 17.8 Å². The van der Waals surface area contributed by atoms with Crippen LogP contribution in [-0.4, -0.2) is 4.92 Å². The van der Waals surface area contributed by atoms with E-state index >= 15 is 0 Å². The van der Waals surface area contributed by atoms with Gasteiger partial charge in [-0.2, -0.15) is 0 Å². The van der Waals surface area contributed by atoms with Crippen molar-refractivity contribution in [2.75, 3.05) is 5.32 Å². The van der Waals surface area contributed by atoms with Gasteiger partial charge in [-0.25, -0.2) is 8.78 Å². The summed E-state index contributed by atoms with van der Waals surface area (Å²) in [4.78, 5) is 10.8. The predicted molar refractivity (Wildman–Crippen MR) is 74.4 cm³/mol. The number of nitro groups is 1. The van der Waals surface area contributed by atoms with E-state index in [9.17, 15) is 18.9 Å². The van der Waals surface area contributed by atoms with Gasteiger partial charge in [0.05, 0.1) is 21.4 Å². The lowest BCUT2D eigenvalue weighted by molar-refractivity contribution is -0.384. The fourth-order valence-electron chi connectivity index (χ4n) is 1.70.